The van der Waals surface area contributed by atoms with E-state index in [0.717, 1.165) is 13.0 Å². The van der Waals surface area contributed by atoms with Crippen molar-refractivity contribution in [1.29, 1.82) is 0 Å². The topological polar surface area (TPSA) is 141 Å². The van der Waals surface area contributed by atoms with Crippen molar-refractivity contribution < 1.29 is 27.0 Å². The van der Waals surface area contributed by atoms with Gasteiger partial charge in [-0.25, -0.2) is 19.3 Å². The van der Waals surface area contributed by atoms with E-state index in [1.807, 2.05) is 18.7 Å². The first-order chi connectivity index (χ1) is 21.3. The highest BCUT2D eigenvalue weighted by molar-refractivity contribution is 5.97. The van der Waals surface area contributed by atoms with Crippen LogP contribution in [0.4, 0.5) is 35.0 Å². The van der Waals surface area contributed by atoms with Crippen molar-refractivity contribution >= 4 is 28.4 Å². The van der Waals surface area contributed by atoms with Gasteiger partial charge in [0, 0.05) is 17.3 Å². The van der Waals surface area contributed by atoms with E-state index in [2.05, 4.69) is 36.9 Å². The number of methoxy groups -OCH3 is 1. The van der Waals surface area contributed by atoms with Crippen LogP contribution in [-0.4, -0.2) is 69.7 Å². The third-order valence-electron chi connectivity index (χ3n) is 7.90. The molecule has 1 unspecified atom stereocenters. The number of hydrogen-bond donors (Lipinski definition) is 2. The molecule has 0 saturated carbocycles. The zero-order chi connectivity index (χ0) is 32.6. The van der Waals surface area contributed by atoms with Crippen molar-refractivity contribution in [3.8, 4) is 23.1 Å². The number of anilines is 3. The van der Waals surface area contributed by atoms with Crippen LogP contribution < -0.4 is 25.8 Å². The second-order valence-electron chi connectivity index (χ2n) is 11.1. The molecular formula is C30H35F4N9O2. The Morgan fingerprint density at radius 2 is 1.82 bits per heavy atom. The van der Waals surface area contributed by atoms with E-state index in [4.69, 9.17) is 20.9 Å². The van der Waals surface area contributed by atoms with Gasteiger partial charge in [0.15, 0.2) is 5.82 Å². The average molecular weight is 630 g/mol. The number of nitrogens with zero attached hydrogens (tertiary/aromatic N) is 7. The summed E-state index contributed by atoms with van der Waals surface area (Å²) in [6.45, 7) is 7.54. The van der Waals surface area contributed by atoms with Crippen molar-refractivity contribution in [1.82, 2.24) is 29.8 Å². The fraction of sp³-hybridized carbons (Fsp3) is 0.433. The Morgan fingerprint density at radius 3 is 2.42 bits per heavy atom. The van der Waals surface area contributed by atoms with Crippen molar-refractivity contribution in [2.24, 2.45) is 0 Å². The van der Waals surface area contributed by atoms with Gasteiger partial charge in [0.25, 0.3) is 0 Å². The summed E-state index contributed by atoms with van der Waals surface area (Å²) in [4.78, 5) is 24.9. The molecular weight excluding hydrogens is 594 g/mol. The molecule has 1 fully saturated rings. The molecule has 4 N–H and O–H groups in total. The molecule has 11 nitrogen and oxygen atoms in total. The lowest BCUT2D eigenvalue weighted by atomic mass is 10.0. The average Bonchev–Trinajstić information content (AvgIpc) is 3.41. The van der Waals surface area contributed by atoms with Crippen LogP contribution in [0.1, 0.15) is 49.6 Å². The first-order valence-corrected chi connectivity index (χ1v) is 14.4. The molecule has 1 saturated heterocycles. The number of rotatable bonds is 4. The number of alkyl halides is 3. The number of ether oxygens (including phenoxy) is 2. The maximum atomic E-state index is 16.2. The minimum atomic E-state index is -4.86. The zero-order valence-corrected chi connectivity index (χ0v) is 25.6. The molecule has 2 aliphatic rings. The van der Waals surface area contributed by atoms with Gasteiger partial charge in [0.1, 0.15) is 40.7 Å². The molecule has 0 spiro atoms. The van der Waals surface area contributed by atoms with E-state index < -0.39 is 40.6 Å². The smallest absolute Gasteiger partial charge is 0.418 e. The largest absolute Gasteiger partial charge is 0.475 e. The maximum Gasteiger partial charge on any atom is 0.418 e. The van der Waals surface area contributed by atoms with Crippen molar-refractivity contribution in [3.05, 3.63) is 47.0 Å². The molecule has 4 aromatic rings. The Bertz CT molecular complexity index is 1710. The highest BCUT2D eigenvalue weighted by atomic mass is 19.4. The lowest BCUT2D eigenvalue weighted by Crippen LogP contribution is -2.39. The molecule has 45 heavy (non-hydrogen) atoms. The summed E-state index contributed by atoms with van der Waals surface area (Å²) in [7, 11) is 3.47. The number of nitrogen functional groups attached to an aromatic ring is 2. The van der Waals surface area contributed by atoms with Crippen LogP contribution in [0.2, 0.25) is 0 Å². The minimum Gasteiger partial charge on any atom is -0.475 e. The number of aromatic nitrogens is 5. The SMILES string of the molecule is CN1CCCC1.COc1nc2c3c(nc(-c4cc(N)nc(C)c4C(F)(F)F)c(F)c3n1)OC[C@H](C)N2C(C)c1cccnc1N. The molecule has 4 aromatic heterocycles. The molecule has 0 bridgehead atoms. The van der Waals surface area contributed by atoms with Gasteiger partial charge >= 0.3 is 12.2 Å². The third kappa shape index (κ3) is 6.21. The zero-order valence-electron chi connectivity index (χ0n) is 25.6. The first-order valence-electron chi connectivity index (χ1n) is 14.4. The lowest BCUT2D eigenvalue weighted by Gasteiger charge is -2.34. The van der Waals surface area contributed by atoms with Gasteiger partial charge in [0.05, 0.1) is 30.5 Å². The summed E-state index contributed by atoms with van der Waals surface area (Å²) in [6, 6.07) is 3.48. The number of aryl methyl sites for hydroxylation is 1. The molecule has 0 amide bonds. The van der Waals surface area contributed by atoms with Crippen molar-refractivity contribution in [3.63, 3.8) is 0 Å². The maximum absolute atomic E-state index is 16.2. The predicted molar refractivity (Wildman–Crippen MR) is 162 cm³/mol. The summed E-state index contributed by atoms with van der Waals surface area (Å²) < 4.78 is 69.6. The van der Waals surface area contributed by atoms with Crippen molar-refractivity contribution in [2.75, 3.05) is 50.2 Å². The molecule has 2 aliphatic heterocycles. The van der Waals surface area contributed by atoms with Gasteiger partial charge in [-0.3, -0.25) is 0 Å². The van der Waals surface area contributed by atoms with Crippen LogP contribution in [0.5, 0.6) is 11.9 Å². The van der Waals surface area contributed by atoms with Gasteiger partial charge in [0.2, 0.25) is 5.88 Å². The monoisotopic (exact) mass is 629 g/mol. The summed E-state index contributed by atoms with van der Waals surface area (Å²) >= 11 is 0. The van der Waals surface area contributed by atoms with Crippen LogP contribution in [-0.2, 0) is 6.18 Å². The van der Waals surface area contributed by atoms with Crippen LogP contribution in [0, 0.1) is 12.7 Å². The molecule has 0 aliphatic carbocycles. The fourth-order valence-electron chi connectivity index (χ4n) is 5.77. The Hall–Kier alpha value is -4.53. The summed E-state index contributed by atoms with van der Waals surface area (Å²) in [5.41, 5.74) is 9.43. The molecule has 6 rings (SSSR count). The van der Waals surface area contributed by atoms with Crippen LogP contribution in [0.15, 0.2) is 24.4 Å². The Balaban J connectivity index is 0.000000598. The second-order valence-corrected chi connectivity index (χ2v) is 11.1. The highest BCUT2D eigenvalue weighted by Gasteiger charge is 2.39. The number of likely N-dealkylation sites (tertiary alicyclic amines) is 1. The predicted octanol–water partition coefficient (Wildman–Crippen LogP) is 5.18. The fourth-order valence-corrected chi connectivity index (χ4v) is 5.77. The molecule has 0 aromatic carbocycles. The van der Waals surface area contributed by atoms with Gasteiger partial charge in [-0.1, -0.05) is 6.07 Å². The van der Waals surface area contributed by atoms with Crippen LogP contribution in [0.25, 0.3) is 22.2 Å². The number of hydrogen-bond acceptors (Lipinski definition) is 11. The Morgan fingerprint density at radius 1 is 1.11 bits per heavy atom. The molecule has 2 atom stereocenters. The van der Waals surface area contributed by atoms with E-state index >= 15 is 4.39 Å². The van der Waals surface area contributed by atoms with Gasteiger partial charge in [-0.05, 0) is 65.9 Å². The molecule has 15 heteroatoms. The lowest BCUT2D eigenvalue weighted by molar-refractivity contribution is -0.137. The molecule has 0 radical (unpaired) electrons. The highest BCUT2D eigenvalue weighted by Crippen LogP contribution is 2.45. The standard InChI is InChI=1S/C25H24F4N8O2.C5H11N/c1-10-9-39-23-16-20(18(26)19(34-23)14-8-15(30)33-11(2)17(14)25(27,28)29)35-24(38-4)36-22(16)37(10)12(3)13-6-5-7-32-21(13)31;1-6-4-2-3-5-6/h5-8,10,12H,9H2,1-4H3,(H2,30,33)(H2,31,32);2-5H2,1H3/t10-,12?;/m0./s1. The second kappa shape index (κ2) is 12.5. The summed E-state index contributed by atoms with van der Waals surface area (Å²) in [5.74, 6) is -0.983. The number of nitrogens with two attached hydrogens (primary N) is 2. The number of halogens is 4. The van der Waals surface area contributed by atoms with E-state index in [9.17, 15) is 13.2 Å². The van der Waals surface area contributed by atoms with E-state index in [1.54, 1.807) is 18.3 Å². The summed E-state index contributed by atoms with van der Waals surface area (Å²) in [5, 5.41) is 0.0722. The molecule has 240 valence electrons. The van der Waals surface area contributed by atoms with E-state index in [0.29, 0.717) is 11.4 Å². The quantitative estimate of drug-likeness (QED) is 0.289. The van der Waals surface area contributed by atoms with Gasteiger partial charge in [-0.2, -0.15) is 23.1 Å². The van der Waals surface area contributed by atoms with Crippen molar-refractivity contribution in [2.45, 2.75) is 51.9 Å². The van der Waals surface area contributed by atoms with Crippen LogP contribution in [0.3, 0.4) is 0 Å². The van der Waals surface area contributed by atoms with E-state index in [-0.39, 0.29) is 47.1 Å². The van der Waals surface area contributed by atoms with Gasteiger partial charge < -0.3 is 30.7 Å². The normalized spacial score (nSPS) is 17.4. The first kappa shape index (κ1) is 31.9. The number of pyridine rings is 3. The molecule has 6 heterocycles. The van der Waals surface area contributed by atoms with Gasteiger partial charge in [-0.15, -0.1) is 0 Å². The summed E-state index contributed by atoms with van der Waals surface area (Å²) in [6.07, 6.45) is -0.477. The minimum absolute atomic E-state index is 0.0417. The Kier molecular flexibility index (Phi) is 8.83. The van der Waals surface area contributed by atoms with Crippen LogP contribution >= 0.6 is 0 Å². The van der Waals surface area contributed by atoms with E-state index in [1.165, 1.54) is 33.0 Å². The Labute approximate surface area is 257 Å². The third-order valence-corrected chi connectivity index (χ3v) is 7.90.